The first-order chi connectivity index (χ1) is 11.9. The van der Waals surface area contributed by atoms with E-state index in [0.29, 0.717) is 21.5 Å². The lowest BCUT2D eigenvalue weighted by Crippen LogP contribution is -2.31. The molecule has 0 aliphatic rings. The van der Waals surface area contributed by atoms with Crippen LogP contribution in [-0.2, 0) is 9.59 Å². The van der Waals surface area contributed by atoms with Crippen molar-refractivity contribution in [2.45, 2.75) is 6.42 Å². The number of hydrogen-bond acceptors (Lipinski definition) is 3. The second-order valence-electron chi connectivity index (χ2n) is 5.02. The third kappa shape index (κ3) is 6.94. The largest absolute Gasteiger partial charge is 0.482 e. The molecule has 2 N–H and O–H groups in total. The highest BCUT2D eigenvalue weighted by atomic mass is 79.9. The SMILES string of the molecule is O=C(COc1cc(Cl)ccc1Cl)NCCC(=O)Nc1ccc(Br)cc1. The topological polar surface area (TPSA) is 67.4 Å². The summed E-state index contributed by atoms with van der Waals surface area (Å²) in [6.07, 6.45) is 0.153. The van der Waals surface area contributed by atoms with Crippen LogP contribution in [0.25, 0.3) is 0 Å². The van der Waals surface area contributed by atoms with Gasteiger partial charge in [0.1, 0.15) is 5.75 Å². The Kier molecular flexibility index (Phi) is 7.55. The predicted molar refractivity (Wildman–Crippen MR) is 102 cm³/mol. The number of amides is 2. The minimum absolute atomic E-state index is 0.153. The Bertz CT molecular complexity index is 754. The first kappa shape index (κ1) is 19.6. The molecule has 25 heavy (non-hydrogen) atoms. The van der Waals surface area contributed by atoms with Crippen molar-refractivity contribution >= 4 is 56.6 Å². The Morgan fingerprint density at radius 2 is 1.76 bits per heavy atom. The number of carbonyl (C=O) groups is 2. The van der Waals surface area contributed by atoms with Crippen LogP contribution in [0.15, 0.2) is 46.9 Å². The lowest BCUT2D eigenvalue weighted by Gasteiger charge is -2.09. The van der Waals surface area contributed by atoms with Crippen LogP contribution in [0.5, 0.6) is 5.75 Å². The van der Waals surface area contributed by atoms with Crippen molar-refractivity contribution < 1.29 is 14.3 Å². The fraction of sp³-hybridized carbons (Fsp3) is 0.176. The molecule has 0 radical (unpaired) electrons. The van der Waals surface area contributed by atoms with E-state index in [0.717, 1.165) is 4.47 Å². The Balaban J connectivity index is 1.68. The van der Waals surface area contributed by atoms with Gasteiger partial charge in [0.2, 0.25) is 5.91 Å². The molecule has 2 aromatic rings. The van der Waals surface area contributed by atoms with Crippen LogP contribution in [0.4, 0.5) is 5.69 Å². The first-order valence-electron chi connectivity index (χ1n) is 7.34. The Morgan fingerprint density at radius 3 is 2.48 bits per heavy atom. The Labute approximate surface area is 163 Å². The van der Waals surface area contributed by atoms with Crippen molar-refractivity contribution in [1.29, 1.82) is 0 Å². The van der Waals surface area contributed by atoms with Gasteiger partial charge in [0.15, 0.2) is 6.61 Å². The molecular weight excluding hydrogens is 431 g/mol. The number of nitrogens with one attached hydrogen (secondary N) is 2. The zero-order valence-electron chi connectivity index (χ0n) is 13.0. The summed E-state index contributed by atoms with van der Waals surface area (Å²) < 4.78 is 6.24. The van der Waals surface area contributed by atoms with E-state index >= 15 is 0 Å². The standard InChI is InChI=1S/C17H15BrCl2N2O3/c18-11-1-4-13(5-2-11)22-16(23)7-8-21-17(24)10-25-15-9-12(19)3-6-14(15)20/h1-6,9H,7-8,10H2,(H,21,24)(H,22,23). The van der Waals surface area contributed by atoms with Crippen LogP contribution in [-0.4, -0.2) is 25.0 Å². The summed E-state index contributed by atoms with van der Waals surface area (Å²) in [5.41, 5.74) is 0.693. The van der Waals surface area contributed by atoms with Crippen molar-refractivity contribution in [3.8, 4) is 5.75 Å². The van der Waals surface area contributed by atoms with Gasteiger partial charge in [-0.3, -0.25) is 9.59 Å². The summed E-state index contributed by atoms with van der Waals surface area (Å²) in [5, 5.41) is 6.17. The van der Waals surface area contributed by atoms with Crippen LogP contribution in [0, 0.1) is 0 Å². The van der Waals surface area contributed by atoms with Gasteiger partial charge in [-0.15, -0.1) is 0 Å². The van der Waals surface area contributed by atoms with E-state index in [9.17, 15) is 9.59 Å². The summed E-state index contributed by atoms with van der Waals surface area (Å²) in [6, 6.07) is 12.0. The lowest BCUT2D eigenvalue weighted by molar-refractivity contribution is -0.123. The molecule has 0 spiro atoms. The van der Waals surface area contributed by atoms with Gasteiger partial charge in [0, 0.05) is 34.2 Å². The molecule has 2 rings (SSSR count). The summed E-state index contributed by atoms with van der Waals surface area (Å²) in [4.78, 5) is 23.5. The molecule has 5 nitrogen and oxygen atoms in total. The molecule has 0 saturated heterocycles. The highest BCUT2D eigenvalue weighted by molar-refractivity contribution is 9.10. The van der Waals surface area contributed by atoms with Gasteiger partial charge < -0.3 is 15.4 Å². The fourth-order valence-electron chi connectivity index (χ4n) is 1.85. The van der Waals surface area contributed by atoms with Crippen LogP contribution in [0.3, 0.4) is 0 Å². The molecule has 0 saturated carbocycles. The molecule has 0 aromatic heterocycles. The van der Waals surface area contributed by atoms with E-state index in [4.69, 9.17) is 27.9 Å². The number of rotatable bonds is 7. The van der Waals surface area contributed by atoms with Crippen LogP contribution in [0.1, 0.15) is 6.42 Å². The summed E-state index contributed by atoms with van der Waals surface area (Å²) >= 11 is 15.1. The normalized spacial score (nSPS) is 10.2. The average molecular weight is 446 g/mol. The van der Waals surface area contributed by atoms with Crippen molar-refractivity contribution in [2.75, 3.05) is 18.5 Å². The number of carbonyl (C=O) groups excluding carboxylic acids is 2. The van der Waals surface area contributed by atoms with E-state index in [1.807, 2.05) is 12.1 Å². The average Bonchev–Trinajstić information content (AvgIpc) is 2.58. The molecule has 0 aliphatic carbocycles. The summed E-state index contributed by atoms with van der Waals surface area (Å²) in [6.45, 7) is -0.0117. The molecule has 0 heterocycles. The fourth-order valence-corrected chi connectivity index (χ4v) is 2.45. The lowest BCUT2D eigenvalue weighted by atomic mass is 10.3. The quantitative estimate of drug-likeness (QED) is 0.668. The van der Waals surface area contributed by atoms with Crippen LogP contribution < -0.4 is 15.4 Å². The van der Waals surface area contributed by atoms with Gasteiger partial charge >= 0.3 is 0 Å². The van der Waals surface area contributed by atoms with Crippen LogP contribution in [0.2, 0.25) is 10.0 Å². The van der Waals surface area contributed by atoms with Gasteiger partial charge in [-0.1, -0.05) is 39.1 Å². The maximum atomic E-state index is 11.8. The maximum absolute atomic E-state index is 11.8. The van der Waals surface area contributed by atoms with E-state index in [1.54, 1.807) is 24.3 Å². The number of ether oxygens (including phenoxy) is 1. The molecule has 132 valence electrons. The number of anilines is 1. The van der Waals surface area contributed by atoms with Gasteiger partial charge in [0.05, 0.1) is 5.02 Å². The van der Waals surface area contributed by atoms with E-state index in [1.165, 1.54) is 6.07 Å². The molecule has 2 amide bonds. The van der Waals surface area contributed by atoms with E-state index < -0.39 is 0 Å². The zero-order valence-corrected chi connectivity index (χ0v) is 16.1. The number of benzene rings is 2. The molecular formula is C17H15BrCl2N2O3. The Hall–Kier alpha value is -1.76. The summed E-state index contributed by atoms with van der Waals surface area (Å²) in [7, 11) is 0. The van der Waals surface area contributed by atoms with Gasteiger partial charge in [0.25, 0.3) is 5.91 Å². The van der Waals surface area contributed by atoms with Gasteiger partial charge in [-0.2, -0.15) is 0 Å². The maximum Gasteiger partial charge on any atom is 0.257 e. The minimum Gasteiger partial charge on any atom is -0.482 e. The van der Waals surface area contributed by atoms with Crippen LogP contribution >= 0.6 is 39.1 Å². The second kappa shape index (κ2) is 9.65. The number of hydrogen-bond donors (Lipinski definition) is 2. The molecule has 8 heteroatoms. The van der Waals surface area contributed by atoms with E-state index in [2.05, 4.69) is 26.6 Å². The molecule has 0 atom stereocenters. The molecule has 2 aromatic carbocycles. The predicted octanol–water partition coefficient (Wildman–Crippen LogP) is 4.28. The van der Waals surface area contributed by atoms with Crippen molar-refractivity contribution in [2.24, 2.45) is 0 Å². The monoisotopic (exact) mass is 444 g/mol. The van der Waals surface area contributed by atoms with Gasteiger partial charge in [-0.05, 0) is 36.4 Å². The van der Waals surface area contributed by atoms with Crippen molar-refractivity contribution in [3.63, 3.8) is 0 Å². The first-order valence-corrected chi connectivity index (χ1v) is 8.89. The molecule has 0 fully saturated rings. The number of halogens is 3. The minimum atomic E-state index is -0.354. The zero-order chi connectivity index (χ0) is 18.2. The molecule has 0 unspecified atom stereocenters. The molecule has 0 aliphatic heterocycles. The third-order valence-electron chi connectivity index (χ3n) is 3.05. The van der Waals surface area contributed by atoms with Crippen molar-refractivity contribution in [3.05, 3.63) is 57.0 Å². The van der Waals surface area contributed by atoms with E-state index in [-0.39, 0.29) is 31.4 Å². The molecule has 0 bridgehead atoms. The summed E-state index contributed by atoms with van der Waals surface area (Å²) in [5.74, 6) is -0.216. The van der Waals surface area contributed by atoms with Gasteiger partial charge in [-0.25, -0.2) is 0 Å². The highest BCUT2D eigenvalue weighted by Crippen LogP contribution is 2.27. The highest BCUT2D eigenvalue weighted by Gasteiger charge is 2.08. The Morgan fingerprint density at radius 1 is 1.04 bits per heavy atom. The van der Waals surface area contributed by atoms with Crippen molar-refractivity contribution in [1.82, 2.24) is 5.32 Å². The second-order valence-corrected chi connectivity index (χ2v) is 6.78. The third-order valence-corrected chi connectivity index (χ3v) is 4.13. The smallest absolute Gasteiger partial charge is 0.257 e.